The first-order chi connectivity index (χ1) is 9.99. The molecule has 0 spiro atoms. The highest BCUT2D eigenvalue weighted by Crippen LogP contribution is 2.21. The van der Waals surface area contributed by atoms with Gasteiger partial charge in [0, 0.05) is 19.5 Å². The fraction of sp³-hybridized carbons (Fsp3) is 0.733. The van der Waals surface area contributed by atoms with Crippen LogP contribution in [0.5, 0.6) is 0 Å². The Morgan fingerprint density at radius 1 is 1.43 bits per heavy atom. The lowest BCUT2D eigenvalue weighted by Crippen LogP contribution is -2.19. The van der Waals surface area contributed by atoms with Crippen LogP contribution in [0.4, 0.5) is 0 Å². The first-order valence-electron chi connectivity index (χ1n) is 7.66. The Balaban J connectivity index is 2.39. The highest BCUT2D eigenvalue weighted by Gasteiger charge is 2.13. The molecular weight excluding hydrogens is 290 g/mol. The fourth-order valence-corrected chi connectivity index (χ4v) is 2.59. The molecule has 0 aliphatic rings. The first-order valence-corrected chi connectivity index (χ1v) is 8.03. The van der Waals surface area contributed by atoms with E-state index in [1.54, 1.807) is 0 Å². The van der Waals surface area contributed by atoms with Crippen molar-refractivity contribution in [2.45, 2.75) is 59.5 Å². The Kier molecular flexibility index (Phi) is 7.75. The molecule has 120 valence electrons. The summed E-state index contributed by atoms with van der Waals surface area (Å²) in [4.78, 5) is 10.5. The van der Waals surface area contributed by atoms with Crippen LogP contribution in [0.1, 0.15) is 51.4 Å². The largest absolute Gasteiger partial charge is 0.481 e. The summed E-state index contributed by atoms with van der Waals surface area (Å²) in [5, 5.41) is 17.3. The predicted molar refractivity (Wildman–Crippen MR) is 84.6 cm³/mol. The summed E-state index contributed by atoms with van der Waals surface area (Å²) in [6.45, 7) is 8.56. The standard InChI is InChI=1S/C15H26ClN3O2/c1-4-12-15(16)13(19(5-2)18-12)10-17-9-8-11(3)6-7-14(20)21/h11,17H,4-10H2,1-3H3,(H,20,21). The second-order valence-electron chi connectivity index (χ2n) is 5.38. The molecule has 0 saturated heterocycles. The van der Waals surface area contributed by atoms with Crippen LogP contribution in [0.3, 0.4) is 0 Å². The number of carboxylic acid groups (broad SMARTS) is 1. The first kappa shape index (κ1) is 18.0. The molecule has 21 heavy (non-hydrogen) atoms. The van der Waals surface area contributed by atoms with Gasteiger partial charge in [0.25, 0.3) is 0 Å². The molecule has 1 unspecified atom stereocenters. The zero-order chi connectivity index (χ0) is 15.8. The van der Waals surface area contributed by atoms with Gasteiger partial charge in [0.05, 0.1) is 16.4 Å². The lowest BCUT2D eigenvalue weighted by molar-refractivity contribution is -0.137. The maximum atomic E-state index is 10.5. The predicted octanol–water partition coefficient (Wildman–Crippen LogP) is 3.10. The van der Waals surface area contributed by atoms with Crippen molar-refractivity contribution in [1.29, 1.82) is 0 Å². The van der Waals surface area contributed by atoms with Crippen LogP contribution in [-0.2, 0) is 24.3 Å². The lowest BCUT2D eigenvalue weighted by atomic mass is 10.0. The number of halogens is 1. The van der Waals surface area contributed by atoms with Gasteiger partial charge >= 0.3 is 5.97 Å². The van der Waals surface area contributed by atoms with Crippen LogP contribution in [-0.4, -0.2) is 27.4 Å². The number of aliphatic carboxylic acids is 1. The van der Waals surface area contributed by atoms with Crippen molar-refractivity contribution >= 4 is 17.6 Å². The fourth-order valence-electron chi connectivity index (χ4n) is 2.26. The minimum absolute atomic E-state index is 0.245. The lowest BCUT2D eigenvalue weighted by Gasteiger charge is -2.11. The molecule has 0 bridgehead atoms. The summed E-state index contributed by atoms with van der Waals surface area (Å²) in [6.07, 6.45) is 2.77. The van der Waals surface area contributed by atoms with Crippen molar-refractivity contribution in [3.05, 3.63) is 16.4 Å². The summed E-state index contributed by atoms with van der Waals surface area (Å²) < 4.78 is 1.95. The van der Waals surface area contributed by atoms with Crippen molar-refractivity contribution in [3.8, 4) is 0 Å². The van der Waals surface area contributed by atoms with E-state index >= 15 is 0 Å². The Hall–Kier alpha value is -1.07. The minimum Gasteiger partial charge on any atom is -0.481 e. The minimum atomic E-state index is -0.722. The number of hydrogen-bond acceptors (Lipinski definition) is 3. The van der Waals surface area contributed by atoms with Gasteiger partial charge in [-0.1, -0.05) is 25.4 Å². The highest BCUT2D eigenvalue weighted by atomic mass is 35.5. The highest BCUT2D eigenvalue weighted by molar-refractivity contribution is 6.31. The molecule has 0 amide bonds. The maximum Gasteiger partial charge on any atom is 0.303 e. The molecule has 1 aromatic rings. The summed E-state index contributed by atoms with van der Waals surface area (Å²) in [5.74, 6) is -0.313. The Bertz CT molecular complexity index is 460. The zero-order valence-electron chi connectivity index (χ0n) is 13.2. The molecule has 0 aliphatic carbocycles. The van der Waals surface area contributed by atoms with Gasteiger partial charge in [-0.15, -0.1) is 0 Å². The van der Waals surface area contributed by atoms with Gasteiger partial charge in [-0.25, -0.2) is 0 Å². The van der Waals surface area contributed by atoms with Crippen molar-refractivity contribution in [3.63, 3.8) is 0 Å². The van der Waals surface area contributed by atoms with Crippen LogP contribution in [0.25, 0.3) is 0 Å². The summed E-state index contributed by atoms with van der Waals surface area (Å²) in [7, 11) is 0. The molecule has 0 saturated carbocycles. The van der Waals surface area contributed by atoms with Crippen molar-refractivity contribution in [1.82, 2.24) is 15.1 Å². The number of nitrogens with one attached hydrogen (secondary N) is 1. The molecule has 1 atom stereocenters. The Morgan fingerprint density at radius 3 is 2.71 bits per heavy atom. The second kappa shape index (κ2) is 9.05. The zero-order valence-corrected chi connectivity index (χ0v) is 13.9. The molecule has 0 aromatic carbocycles. The van der Waals surface area contributed by atoms with Crippen LogP contribution < -0.4 is 5.32 Å². The summed E-state index contributed by atoms with van der Waals surface area (Å²) in [6, 6.07) is 0. The van der Waals surface area contributed by atoms with Crippen LogP contribution >= 0.6 is 11.6 Å². The second-order valence-corrected chi connectivity index (χ2v) is 5.76. The van der Waals surface area contributed by atoms with Crippen molar-refractivity contribution < 1.29 is 9.90 Å². The van der Waals surface area contributed by atoms with E-state index in [-0.39, 0.29) is 6.42 Å². The number of hydrogen-bond donors (Lipinski definition) is 2. The van der Waals surface area contributed by atoms with E-state index in [2.05, 4.69) is 31.2 Å². The average Bonchev–Trinajstić information content (AvgIpc) is 2.77. The van der Waals surface area contributed by atoms with Gasteiger partial charge in [0.2, 0.25) is 0 Å². The Labute approximate surface area is 131 Å². The van der Waals surface area contributed by atoms with Crippen LogP contribution in [0.15, 0.2) is 0 Å². The number of aryl methyl sites for hydroxylation is 2. The van der Waals surface area contributed by atoms with E-state index in [1.165, 1.54) is 0 Å². The van der Waals surface area contributed by atoms with Gasteiger partial charge in [-0.2, -0.15) is 5.10 Å². The van der Waals surface area contributed by atoms with E-state index in [1.807, 2.05) is 4.68 Å². The number of carboxylic acids is 1. The van der Waals surface area contributed by atoms with Crippen LogP contribution in [0, 0.1) is 5.92 Å². The van der Waals surface area contributed by atoms with Crippen molar-refractivity contribution in [2.75, 3.05) is 6.54 Å². The van der Waals surface area contributed by atoms with Gasteiger partial charge in [-0.3, -0.25) is 9.48 Å². The van der Waals surface area contributed by atoms with E-state index in [4.69, 9.17) is 16.7 Å². The molecule has 2 N–H and O–H groups in total. The number of carbonyl (C=O) groups is 1. The Morgan fingerprint density at radius 2 is 2.14 bits per heavy atom. The van der Waals surface area contributed by atoms with E-state index in [0.717, 1.165) is 48.8 Å². The SMILES string of the molecule is CCc1nn(CC)c(CNCCC(C)CCC(=O)O)c1Cl. The molecule has 1 aromatic heterocycles. The third kappa shape index (κ3) is 5.67. The molecule has 1 heterocycles. The average molecular weight is 316 g/mol. The molecule has 6 heteroatoms. The molecular formula is C15H26ClN3O2. The third-order valence-corrected chi connectivity index (χ3v) is 4.09. The van der Waals surface area contributed by atoms with E-state index < -0.39 is 5.97 Å². The maximum absolute atomic E-state index is 10.5. The topological polar surface area (TPSA) is 67.2 Å². The molecule has 5 nitrogen and oxygen atoms in total. The molecule has 1 rings (SSSR count). The monoisotopic (exact) mass is 315 g/mol. The third-order valence-electron chi connectivity index (χ3n) is 3.65. The van der Waals surface area contributed by atoms with Gasteiger partial charge < -0.3 is 10.4 Å². The summed E-state index contributed by atoms with van der Waals surface area (Å²) >= 11 is 6.35. The van der Waals surface area contributed by atoms with Gasteiger partial charge in [-0.05, 0) is 38.6 Å². The number of rotatable bonds is 10. The quantitative estimate of drug-likeness (QED) is 0.651. The van der Waals surface area contributed by atoms with Gasteiger partial charge in [0.15, 0.2) is 0 Å². The van der Waals surface area contributed by atoms with E-state index in [0.29, 0.717) is 12.5 Å². The number of nitrogens with zero attached hydrogens (tertiary/aromatic N) is 2. The molecule has 0 fully saturated rings. The smallest absolute Gasteiger partial charge is 0.303 e. The van der Waals surface area contributed by atoms with E-state index in [9.17, 15) is 4.79 Å². The molecule has 0 radical (unpaired) electrons. The normalized spacial score (nSPS) is 12.6. The number of aromatic nitrogens is 2. The van der Waals surface area contributed by atoms with Gasteiger partial charge in [0.1, 0.15) is 0 Å². The van der Waals surface area contributed by atoms with Crippen LogP contribution in [0.2, 0.25) is 5.02 Å². The molecule has 0 aliphatic heterocycles. The summed E-state index contributed by atoms with van der Waals surface area (Å²) in [5.41, 5.74) is 1.99. The van der Waals surface area contributed by atoms with Crippen molar-refractivity contribution in [2.24, 2.45) is 5.92 Å².